The van der Waals surface area contributed by atoms with E-state index in [2.05, 4.69) is 20.3 Å². The summed E-state index contributed by atoms with van der Waals surface area (Å²) < 4.78 is 5.20. The van der Waals surface area contributed by atoms with E-state index in [4.69, 9.17) is 4.74 Å². The number of methoxy groups -OCH3 is 1. The molecule has 0 spiro atoms. The Hall–Kier alpha value is -3.13. The van der Waals surface area contributed by atoms with Crippen molar-refractivity contribution in [3.8, 4) is 5.75 Å². The average molecular weight is 407 g/mol. The minimum atomic E-state index is 0.0249. The van der Waals surface area contributed by atoms with Gasteiger partial charge in [-0.25, -0.2) is 9.97 Å². The van der Waals surface area contributed by atoms with Gasteiger partial charge < -0.3 is 10.1 Å². The molecule has 0 aliphatic carbocycles. The first-order chi connectivity index (χ1) is 14.2. The number of amides is 1. The fraction of sp³-hybridized carbons (Fsp3) is 0.238. The van der Waals surface area contributed by atoms with Crippen LogP contribution in [-0.4, -0.2) is 34.2 Å². The highest BCUT2D eigenvalue weighted by Gasteiger charge is 2.32. The van der Waals surface area contributed by atoms with Gasteiger partial charge >= 0.3 is 0 Å². The van der Waals surface area contributed by atoms with Crippen LogP contribution in [0.4, 0.5) is 11.6 Å². The van der Waals surface area contributed by atoms with Gasteiger partial charge in [-0.15, -0.1) is 0 Å². The number of ether oxygens (including phenoxy) is 1. The molecule has 0 atom stereocenters. The lowest BCUT2D eigenvalue weighted by Gasteiger charge is -2.17. The van der Waals surface area contributed by atoms with Gasteiger partial charge in [-0.3, -0.25) is 14.7 Å². The lowest BCUT2D eigenvalue weighted by molar-refractivity contribution is -0.117. The van der Waals surface area contributed by atoms with Gasteiger partial charge in [0.25, 0.3) is 0 Å². The zero-order valence-electron chi connectivity index (χ0n) is 16.3. The van der Waals surface area contributed by atoms with E-state index < -0.39 is 0 Å². The molecule has 1 aliphatic rings. The molecule has 0 radical (unpaired) electrons. The van der Waals surface area contributed by atoms with Crippen molar-refractivity contribution in [3.63, 3.8) is 0 Å². The van der Waals surface area contributed by atoms with Gasteiger partial charge in [-0.05, 0) is 41.6 Å². The van der Waals surface area contributed by atoms with Gasteiger partial charge in [0.2, 0.25) is 5.91 Å². The highest BCUT2D eigenvalue weighted by Crippen LogP contribution is 2.34. The SMILES string of the molecule is COc1ccc(CNc2nc(SC)nc3c2CC(=O)N3Cc2ccncc2)cc1. The second kappa shape index (κ2) is 8.48. The highest BCUT2D eigenvalue weighted by molar-refractivity contribution is 7.98. The first-order valence-corrected chi connectivity index (χ1v) is 10.4. The topological polar surface area (TPSA) is 80.2 Å². The lowest BCUT2D eigenvalue weighted by atomic mass is 10.2. The van der Waals surface area contributed by atoms with E-state index in [-0.39, 0.29) is 5.91 Å². The molecular weight excluding hydrogens is 386 g/mol. The Kier molecular flexibility index (Phi) is 5.62. The van der Waals surface area contributed by atoms with E-state index in [1.54, 1.807) is 24.4 Å². The molecular formula is C21H21N5O2S. The Labute approximate surface area is 173 Å². The molecule has 1 aliphatic heterocycles. The number of carbonyl (C=O) groups is 1. The predicted molar refractivity (Wildman–Crippen MR) is 113 cm³/mol. The van der Waals surface area contributed by atoms with Gasteiger partial charge in [-0.1, -0.05) is 23.9 Å². The van der Waals surface area contributed by atoms with Crippen LogP contribution in [0.3, 0.4) is 0 Å². The fourth-order valence-corrected chi connectivity index (χ4v) is 3.56. The maximum Gasteiger partial charge on any atom is 0.233 e. The summed E-state index contributed by atoms with van der Waals surface area (Å²) in [6.45, 7) is 1.07. The quantitative estimate of drug-likeness (QED) is 0.475. The Morgan fingerprint density at radius 1 is 1.10 bits per heavy atom. The molecule has 2 aromatic heterocycles. The van der Waals surface area contributed by atoms with Crippen molar-refractivity contribution in [1.82, 2.24) is 15.0 Å². The molecule has 0 fully saturated rings. The van der Waals surface area contributed by atoms with Crippen molar-refractivity contribution in [2.45, 2.75) is 24.7 Å². The number of benzene rings is 1. The minimum absolute atomic E-state index is 0.0249. The number of nitrogens with one attached hydrogen (secondary N) is 1. The van der Waals surface area contributed by atoms with E-state index >= 15 is 0 Å². The number of nitrogens with zero attached hydrogens (tertiary/aromatic N) is 4. The number of hydrogen-bond donors (Lipinski definition) is 1. The number of hydrogen-bond acceptors (Lipinski definition) is 7. The van der Waals surface area contributed by atoms with E-state index in [0.29, 0.717) is 36.3 Å². The Morgan fingerprint density at radius 2 is 1.86 bits per heavy atom. The number of aromatic nitrogens is 3. The van der Waals surface area contributed by atoms with E-state index in [9.17, 15) is 4.79 Å². The van der Waals surface area contributed by atoms with Crippen molar-refractivity contribution in [1.29, 1.82) is 0 Å². The summed E-state index contributed by atoms with van der Waals surface area (Å²) in [4.78, 5) is 27.7. The van der Waals surface area contributed by atoms with Crippen LogP contribution in [0.1, 0.15) is 16.7 Å². The molecule has 148 valence electrons. The molecule has 7 nitrogen and oxygen atoms in total. The molecule has 0 saturated heterocycles. The Balaban J connectivity index is 1.59. The number of pyridine rings is 1. The predicted octanol–water partition coefficient (Wildman–Crippen LogP) is 3.30. The van der Waals surface area contributed by atoms with Crippen molar-refractivity contribution in [2.24, 2.45) is 0 Å². The third-order valence-corrected chi connectivity index (χ3v) is 5.29. The molecule has 8 heteroatoms. The molecule has 3 heterocycles. The molecule has 0 bridgehead atoms. The molecule has 29 heavy (non-hydrogen) atoms. The van der Waals surface area contributed by atoms with Crippen LogP contribution in [0.2, 0.25) is 0 Å². The van der Waals surface area contributed by atoms with Crippen LogP contribution < -0.4 is 15.0 Å². The summed E-state index contributed by atoms with van der Waals surface area (Å²) in [7, 11) is 1.65. The second-order valence-corrected chi connectivity index (χ2v) is 7.35. The van der Waals surface area contributed by atoms with Crippen LogP contribution in [0, 0.1) is 0 Å². The fourth-order valence-electron chi connectivity index (χ4n) is 3.20. The Morgan fingerprint density at radius 3 is 2.55 bits per heavy atom. The van der Waals surface area contributed by atoms with Gasteiger partial charge in [0.1, 0.15) is 17.4 Å². The molecule has 0 unspecified atom stereocenters. The summed E-state index contributed by atoms with van der Waals surface area (Å²) in [6, 6.07) is 11.7. The minimum Gasteiger partial charge on any atom is -0.497 e. The number of fused-ring (bicyclic) bond motifs is 1. The first-order valence-electron chi connectivity index (χ1n) is 9.19. The summed E-state index contributed by atoms with van der Waals surface area (Å²) in [5.41, 5.74) is 2.95. The average Bonchev–Trinajstić information content (AvgIpc) is 3.08. The molecule has 0 saturated carbocycles. The largest absolute Gasteiger partial charge is 0.497 e. The van der Waals surface area contributed by atoms with Crippen LogP contribution in [0.25, 0.3) is 0 Å². The van der Waals surface area contributed by atoms with Crippen LogP contribution in [0.15, 0.2) is 53.9 Å². The van der Waals surface area contributed by atoms with Crippen molar-refractivity contribution >= 4 is 29.3 Å². The summed E-state index contributed by atoms with van der Waals surface area (Å²) in [5.74, 6) is 2.24. The second-order valence-electron chi connectivity index (χ2n) is 6.57. The van der Waals surface area contributed by atoms with E-state index in [1.165, 1.54) is 11.8 Å². The zero-order chi connectivity index (χ0) is 20.2. The number of thioether (sulfide) groups is 1. The number of anilines is 2. The monoisotopic (exact) mass is 407 g/mol. The van der Waals surface area contributed by atoms with E-state index in [0.717, 1.165) is 22.4 Å². The summed E-state index contributed by atoms with van der Waals surface area (Å²) >= 11 is 1.46. The lowest BCUT2D eigenvalue weighted by Crippen LogP contribution is -2.26. The van der Waals surface area contributed by atoms with Crippen molar-refractivity contribution < 1.29 is 9.53 Å². The van der Waals surface area contributed by atoms with E-state index in [1.807, 2.05) is 42.7 Å². The highest BCUT2D eigenvalue weighted by atomic mass is 32.2. The van der Waals surface area contributed by atoms with Gasteiger partial charge in [0.15, 0.2) is 5.16 Å². The maximum atomic E-state index is 12.7. The Bertz CT molecular complexity index is 1010. The third kappa shape index (κ3) is 4.17. The molecule has 3 aromatic rings. The number of carbonyl (C=O) groups excluding carboxylic acids is 1. The molecule has 1 amide bonds. The summed E-state index contributed by atoms with van der Waals surface area (Å²) in [5, 5.41) is 4.02. The molecule has 1 N–H and O–H groups in total. The number of rotatable bonds is 7. The summed E-state index contributed by atoms with van der Waals surface area (Å²) in [6.07, 6.45) is 5.68. The van der Waals surface area contributed by atoms with Crippen LogP contribution in [-0.2, 0) is 24.3 Å². The van der Waals surface area contributed by atoms with Gasteiger partial charge in [-0.2, -0.15) is 0 Å². The first kappa shape index (κ1) is 19.2. The van der Waals surface area contributed by atoms with Crippen molar-refractivity contribution in [2.75, 3.05) is 23.6 Å². The maximum absolute atomic E-state index is 12.7. The van der Waals surface area contributed by atoms with Crippen LogP contribution >= 0.6 is 11.8 Å². The molecule has 4 rings (SSSR count). The third-order valence-electron chi connectivity index (χ3n) is 4.74. The smallest absolute Gasteiger partial charge is 0.233 e. The van der Waals surface area contributed by atoms with Crippen molar-refractivity contribution in [3.05, 3.63) is 65.5 Å². The molecule has 1 aromatic carbocycles. The van der Waals surface area contributed by atoms with Crippen LogP contribution in [0.5, 0.6) is 5.75 Å². The van der Waals surface area contributed by atoms with Gasteiger partial charge in [0, 0.05) is 24.5 Å². The van der Waals surface area contributed by atoms with Gasteiger partial charge in [0.05, 0.1) is 20.1 Å². The normalized spacial score (nSPS) is 12.8. The zero-order valence-corrected chi connectivity index (χ0v) is 17.1. The standard InChI is InChI=1S/C21H21N5O2S/c1-28-16-5-3-14(4-6-16)12-23-19-17-11-18(27)26(13-15-7-9-22-10-8-15)20(17)25-21(24-19)29-2/h3-10H,11-13H2,1-2H3,(H,23,24,25).